The molecular formula is C11H19N5. The van der Waals surface area contributed by atoms with E-state index in [0.717, 1.165) is 35.9 Å². The molecule has 0 atom stereocenters. The highest BCUT2D eigenvalue weighted by Crippen LogP contribution is 2.27. The molecule has 0 aromatic carbocycles. The number of anilines is 2. The smallest absolute Gasteiger partial charge is 0.148 e. The largest absolute Gasteiger partial charge is 0.367 e. The van der Waals surface area contributed by atoms with E-state index < -0.39 is 0 Å². The molecule has 16 heavy (non-hydrogen) atoms. The fourth-order valence-electron chi connectivity index (χ4n) is 1.60. The maximum absolute atomic E-state index is 5.46. The predicted molar refractivity (Wildman–Crippen MR) is 65.2 cm³/mol. The molecule has 5 heteroatoms. The van der Waals surface area contributed by atoms with Gasteiger partial charge >= 0.3 is 0 Å². The Morgan fingerprint density at radius 2 is 2.00 bits per heavy atom. The van der Waals surface area contributed by atoms with Crippen molar-refractivity contribution in [2.45, 2.75) is 45.6 Å². The fraction of sp³-hybridized carbons (Fsp3) is 0.636. The van der Waals surface area contributed by atoms with Gasteiger partial charge in [-0.05, 0) is 26.2 Å². The summed E-state index contributed by atoms with van der Waals surface area (Å²) in [5.41, 5.74) is 3.63. The first kappa shape index (κ1) is 11.1. The summed E-state index contributed by atoms with van der Waals surface area (Å²) in [4.78, 5) is 8.91. The second-order valence-corrected chi connectivity index (χ2v) is 4.27. The Hall–Kier alpha value is -1.36. The summed E-state index contributed by atoms with van der Waals surface area (Å²) in [5.74, 6) is 7.96. The Kier molecular flexibility index (Phi) is 3.24. The molecule has 1 aliphatic carbocycles. The van der Waals surface area contributed by atoms with Crippen molar-refractivity contribution in [1.82, 2.24) is 9.97 Å². The van der Waals surface area contributed by atoms with Gasteiger partial charge in [-0.3, -0.25) is 0 Å². The monoisotopic (exact) mass is 221 g/mol. The molecule has 1 aliphatic rings. The van der Waals surface area contributed by atoms with E-state index in [9.17, 15) is 0 Å². The van der Waals surface area contributed by atoms with Gasteiger partial charge in [0.05, 0.1) is 0 Å². The third-order valence-electron chi connectivity index (χ3n) is 2.72. The first-order valence-electron chi connectivity index (χ1n) is 5.85. The standard InChI is InChI=1S/C11H19N5/c1-3-4-9-14-10(13-8-5-6-8)7(2)11(15-9)16-12/h8H,3-6,12H2,1-2H3,(H2,13,14,15,16). The Morgan fingerprint density at radius 1 is 1.31 bits per heavy atom. The van der Waals surface area contributed by atoms with Gasteiger partial charge in [-0.15, -0.1) is 0 Å². The Labute approximate surface area is 95.8 Å². The molecule has 88 valence electrons. The highest BCUT2D eigenvalue weighted by Gasteiger charge is 2.23. The van der Waals surface area contributed by atoms with Crippen LogP contribution in [-0.2, 0) is 6.42 Å². The van der Waals surface area contributed by atoms with Crippen LogP contribution in [0.5, 0.6) is 0 Å². The minimum atomic E-state index is 0.591. The number of hydrazine groups is 1. The SMILES string of the molecule is CCCc1nc(NN)c(C)c(NC2CC2)n1. The van der Waals surface area contributed by atoms with Crippen molar-refractivity contribution in [1.29, 1.82) is 0 Å². The Balaban J connectivity index is 2.27. The summed E-state index contributed by atoms with van der Waals surface area (Å²) >= 11 is 0. The van der Waals surface area contributed by atoms with Crippen molar-refractivity contribution < 1.29 is 0 Å². The molecule has 0 unspecified atom stereocenters. The lowest BCUT2D eigenvalue weighted by molar-refractivity contribution is 0.830. The molecule has 1 heterocycles. The summed E-state index contributed by atoms with van der Waals surface area (Å²) in [6, 6.07) is 0.591. The van der Waals surface area contributed by atoms with E-state index in [-0.39, 0.29) is 0 Å². The van der Waals surface area contributed by atoms with Crippen molar-refractivity contribution in [2.24, 2.45) is 5.84 Å². The summed E-state index contributed by atoms with van der Waals surface area (Å²) in [5, 5.41) is 3.41. The second-order valence-electron chi connectivity index (χ2n) is 4.27. The number of hydrogen-bond acceptors (Lipinski definition) is 5. The lowest BCUT2D eigenvalue weighted by Crippen LogP contribution is -2.15. The van der Waals surface area contributed by atoms with Crippen LogP contribution < -0.4 is 16.6 Å². The second kappa shape index (κ2) is 4.65. The number of nitrogen functional groups attached to an aromatic ring is 1. The van der Waals surface area contributed by atoms with Gasteiger partial charge in [0.1, 0.15) is 17.5 Å². The van der Waals surface area contributed by atoms with Crippen LogP contribution in [0.1, 0.15) is 37.6 Å². The van der Waals surface area contributed by atoms with E-state index in [0.29, 0.717) is 6.04 Å². The molecule has 1 aromatic heterocycles. The summed E-state index contributed by atoms with van der Waals surface area (Å²) < 4.78 is 0. The maximum atomic E-state index is 5.46. The summed E-state index contributed by atoms with van der Waals surface area (Å²) in [6.45, 7) is 4.10. The van der Waals surface area contributed by atoms with Crippen LogP contribution in [0.15, 0.2) is 0 Å². The first-order valence-corrected chi connectivity index (χ1v) is 5.85. The lowest BCUT2D eigenvalue weighted by Gasteiger charge is -2.12. The van der Waals surface area contributed by atoms with Gasteiger partial charge in [0.15, 0.2) is 0 Å². The number of rotatable bonds is 5. The number of aromatic nitrogens is 2. The van der Waals surface area contributed by atoms with Crippen LogP contribution in [0, 0.1) is 6.92 Å². The average Bonchev–Trinajstić information content (AvgIpc) is 3.07. The van der Waals surface area contributed by atoms with Crippen molar-refractivity contribution in [3.8, 4) is 0 Å². The minimum Gasteiger partial charge on any atom is -0.367 e. The quantitative estimate of drug-likeness (QED) is 0.520. The van der Waals surface area contributed by atoms with Crippen molar-refractivity contribution in [3.05, 3.63) is 11.4 Å². The molecule has 0 spiro atoms. The predicted octanol–water partition coefficient (Wildman–Crippen LogP) is 1.60. The Bertz CT molecular complexity index is 373. The van der Waals surface area contributed by atoms with E-state index in [1.807, 2.05) is 6.92 Å². The summed E-state index contributed by atoms with van der Waals surface area (Å²) in [6.07, 6.45) is 4.39. The molecule has 0 aliphatic heterocycles. The number of hydrogen-bond donors (Lipinski definition) is 3. The lowest BCUT2D eigenvalue weighted by atomic mass is 10.2. The molecule has 5 nitrogen and oxygen atoms in total. The normalized spacial score (nSPS) is 14.9. The van der Waals surface area contributed by atoms with Crippen molar-refractivity contribution in [2.75, 3.05) is 10.7 Å². The van der Waals surface area contributed by atoms with Gasteiger partial charge in [-0.1, -0.05) is 6.92 Å². The number of aryl methyl sites for hydroxylation is 1. The zero-order chi connectivity index (χ0) is 11.5. The molecule has 0 saturated heterocycles. The molecule has 0 bridgehead atoms. The van der Waals surface area contributed by atoms with Gasteiger partial charge < -0.3 is 10.7 Å². The van der Waals surface area contributed by atoms with Gasteiger partial charge in [0, 0.05) is 18.0 Å². The van der Waals surface area contributed by atoms with E-state index in [2.05, 4.69) is 27.6 Å². The molecule has 0 amide bonds. The molecule has 0 radical (unpaired) electrons. The molecule has 1 aromatic rings. The van der Waals surface area contributed by atoms with Gasteiger partial charge in [0.2, 0.25) is 0 Å². The van der Waals surface area contributed by atoms with Crippen molar-refractivity contribution >= 4 is 11.6 Å². The number of nitrogens with zero attached hydrogens (tertiary/aromatic N) is 2. The molecule has 1 fully saturated rings. The van der Waals surface area contributed by atoms with Gasteiger partial charge in [0.25, 0.3) is 0 Å². The van der Waals surface area contributed by atoms with Crippen LogP contribution in [0.3, 0.4) is 0 Å². The van der Waals surface area contributed by atoms with Gasteiger partial charge in [-0.25, -0.2) is 15.8 Å². The van der Waals surface area contributed by atoms with Crippen LogP contribution in [-0.4, -0.2) is 16.0 Å². The van der Waals surface area contributed by atoms with Crippen LogP contribution in [0.4, 0.5) is 11.6 Å². The van der Waals surface area contributed by atoms with E-state index in [1.165, 1.54) is 12.8 Å². The zero-order valence-electron chi connectivity index (χ0n) is 9.88. The van der Waals surface area contributed by atoms with Gasteiger partial charge in [-0.2, -0.15) is 0 Å². The van der Waals surface area contributed by atoms with Crippen LogP contribution in [0.25, 0.3) is 0 Å². The first-order chi connectivity index (χ1) is 7.74. The van der Waals surface area contributed by atoms with E-state index >= 15 is 0 Å². The minimum absolute atomic E-state index is 0.591. The maximum Gasteiger partial charge on any atom is 0.148 e. The molecule has 1 saturated carbocycles. The average molecular weight is 221 g/mol. The Morgan fingerprint density at radius 3 is 2.56 bits per heavy atom. The molecular weight excluding hydrogens is 202 g/mol. The highest BCUT2D eigenvalue weighted by atomic mass is 15.3. The molecule has 2 rings (SSSR count). The van der Waals surface area contributed by atoms with Crippen LogP contribution in [0.2, 0.25) is 0 Å². The summed E-state index contributed by atoms with van der Waals surface area (Å²) in [7, 11) is 0. The topological polar surface area (TPSA) is 75.9 Å². The number of nitrogens with two attached hydrogens (primary N) is 1. The highest BCUT2D eigenvalue weighted by molar-refractivity contribution is 5.57. The van der Waals surface area contributed by atoms with E-state index in [1.54, 1.807) is 0 Å². The zero-order valence-corrected chi connectivity index (χ0v) is 9.88. The van der Waals surface area contributed by atoms with Crippen molar-refractivity contribution in [3.63, 3.8) is 0 Å². The third kappa shape index (κ3) is 2.41. The third-order valence-corrected chi connectivity index (χ3v) is 2.72. The fourth-order valence-corrected chi connectivity index (χ4v) is 1.60. The van der Waals surface area contributed by atoms with Crippen LogP contribution >= 0.6 is 0 Å². The molecule has 4 N–H and O–H groups in total. The van der Waals surface area contributed by atoms with E-state index in [4.69, 9.17) is 5.84 Å². The number of nitrogens with one attached hydrogen (secondary N) is 2.